The molecule has 0 aliphatic rings. The number of fused-ring (bicyclic) bond motifs is 1. The zero-order valence-corrected chi connectivity index (χ0v) is 14.3. The number of carbonyl (C=O) groups is 1. The van der Waals surface area contributed by atoms with Crippen LogP contribution in [0.5, 0.6) is 0 Å². The van der Waals surface area contributed by atoms with E-state index in [1.807, 2.05) is 50.6 Å². The fraction of sp³-hybridized carbons (Fsp3) is 0.333. The Labute approximate surface area is 140 Å². The van der Waals surface area contributed by atoms with Crippen LogP contribution in [0, 0.1) is 6.92 Å². The maximum absolute atomic E-state index is 12.8. The summed E-state index contributed by atoms with van der Waals surface area (Å²) >= 11 is 1.72. The van der Waals surface area contributed by atoms with Gasteiger partial charge in [-0.05, 0) is 32.1 Å². The first-order valence-corrected chi connectivity index (χ1v) is 8.90. The molecule has 120 valence electrons. The van der Waals surface area contributed by atoms with E-state index in [1.165, 1.54) is 0 Å². The van der Waals surface area contributed by atoms with Crippen LogP contribution in [0.4, 0.5) is 0 Å². The Kier molecular flexibility index (Phi) is 4.86. The van der Waals surface area contributed by atoms with Gasteiger partial charge in [0.1, 0.15) is 0 Å². The minimum atomic E-state index is -0.0318. The Balaban J connectivity index is 1.61. The molecule has 0 spiro atoms. The Morgan fingerprint density at radius 2 is 2.22 bits per heavy atom. The molecule has 2 heterocycles. The van der Waals surface area contributed by atoms with Crippen LogP contribution in [-0.2, 0) is 6.54 Å². The number of hydrogen-bond acceptors (Lipinski definition) is 3. The highest BCUT2D eigenvalue weighted by molar-refractivity contribution is 8.00. The van der Waals surface area contributed by atoms with Gasteiger partial charge in [0.2, 0.25) is 0 Å². The number of aryl methyl sites for hydroxylation is 2. The third-order valence-electron chi connectivity index (χ3n) is 4.00. The molecule has 3 rings (SSSR count). The minimum Gasteiger partial charge on any atom is -0.358 e. The molecule has 0 fully saturated rings. The number of nitrogens with one attached hydrogen (secondary N) is 1. The Hall–Kier alpha value is -2.01. The summed E-state index contributed by atoms with van der Waals surface area (Å²) in [5.74, 6) is 1.18. The number of aromatic nitrogens is 3. The molecule has 2 aromatic heterocycles. The first kappa shape index (κ1) is 15.9. The van der Waals surface area contributed by atoms with Gasteiger partial charge in [-0.2, -0.15) is 11.8 Å². The molecule has 0 saturated carbocycles. The van der Waals surface area contributed by atoms with Gasteiger partial charge in [0.15, 0.2) is 5.78 Å². The first-order valence-electron chi connectivity index (χ1n) is 7.85. The van der Waals surface area contributed by atoms with Gasteiger partial charge >= 0.3 is 0 Å². The molecule has 3 aromatic rings. The molecule has 0 amide bonds. The van der Waals surface area contributed by atoms with Crippen LogP contribution in [0.1, 0.15) is 29.4 Å². The molecule has 0 saturated heterocycles. The summed E-state index contributed by atoms with van der Waals surface area (Å²) < 4.78 is 2.07. The van der Waals surface area contributed by atoms with E-state index in [2.05, 4.69) is 14.5 Å². The van der Waals surface area contributed by atoms with Crippen LogP contribution in [-0.4, -0.2) is 31.3 Å². The van der Waals surface area contributed by atoms with Crippen LogP contribution in [0.25, 0.3) is 10.9 Å². The van der Waals surface area contributed by atoms with E-state index >= 15 is 0 Å². The fourth-order valence-electron chi connectivity index (χ4n) is 2.80. The first-order chi connectivity index (χ1) is 11.2. The number of ketones is 1. The lowest BCUT2D eigenvalue weighted by atomic mass is 10.1. The number of thioether (sulfide) groups is 1. The Morgan fingerprint density at radius 1 is 1.39 bits per heavy atom. The molecular formula is C18H21N3OS. The van der Waals surface area contributed by atoms with Crippen molar-refractivity contribution in [2.24, 2.45) is 0 Å². The van der Waals surface area contributed by atoms with E-state index < -0.39 is 0 Å². The van der Waals surface area contributed by atoms with E-state index in [-0.39, 0.29) is 11.0 Å². The Bertz CT molecular complexity index is 792. The lowest BCUT2D eigenvalue weighted by Crippen LogP contribution is -2.15. The summed E-state index contributed by atoms with van der Waals surface area (Å²) in [5, 5.41) is 0.997. The molecule has 0 radical (unpaired) electrons. The molecule has 23 heavy (non-hydrogen) atoms. The number of Topliss-reactive ketones (excluding diaryl/α,β-unsaturated/α-hetero) is 1. The largest absolute Gasteiger partial charge is 0.358 e. The molecule has 0 bridgehead atoms. The van der Waals surface area contributed by atoms with Gasteiger partial charge in [-0.15, -0.1) is 0 Å². The van der Waals surface area contributed by atoms with Crippen molar-refractivity contribution in [3.05, 3.63) is 54.2 Å². The number of benzene rings is 1. The predicted octanol–water partition coefficient (Wildman–Crippen LogP) is 4.07. The van der Waals surface area contributed by atoms with Crippen LogP contribution < -0.4 is 0 Å². The summed E-state index contributed by atoms with van der Waals surface area (Å²) in [6, 6.07) is 8.00. The second-order valence-corrected chi connectivity index (χ2v) is 7.15. The van der Waals surface area contributed by atoms with Crippen molar-refractivity contribution in [3.8, 4) is 0 Å². The number of imidazole rings is 1. The molecule has 1 aromatic carbocycles. The van der Waals surface area contributed by atoms with Gasteiger partial charge < -0.3 is 9.55 Å². The molecule has 4 nitrogen and oxygen atoms in total. The second-order valence-electron chi connectivity index (χ2n) is 5.70. The summed E-state index contributed by atoms with van der Waals surface area (Å²) in [6.07, 6.45) is 6.62. The standard InChI is InChI=1S/C18H21N3OS/c1-13-17(15-6-3-4-7-16(15)20-13)18(22)14(2)23-11-5-9-21-10-8-19-12-21/h3-4,6-8,10,12,14,20H,5,9,11H2,1-2H3. The number of rotatable bonds is 7. The van der Waals surface area contributed by atoms with Gasteiger partial charge in [0.05, 0.1) is 11.6 Å². The summed E-state index contributed by atoms with van der Waals surface area (Å²) in [7, 11) is 0. The fourth-order valence-corrected chi connectivity index (χ4v) is 3.72. The zero-order chi connectivity index (χ0) is 16.2. The highest BCUT2D eigenvalue weighted by Crippen LogP contribution is 2.26. The lowest BCUT2D eigenvalue weighted by molar-refractivity contribution is 0.0995. The summed E-state index contributed by atoms with van der Waals surface area (Å²) in [5.41, 5.74) is 2.84. The lowest BCUT2D eigenvalue weighted by Gasteiger charge is -2.11. The van der Waals surface area contributed by atoms with Crippen LogP contribution in [0.2, 0.25) is 0 Å². The number of para-hydroxylation sites is 1. The molecule has 1 unspecified atom stereocenters. The highest BCUT2D eigenvalue weighted by Gasteiger charge is 2.21. The SMILES string of the molecule is Cc1[nH]c2ccccc2c1C(=O)C(C)SCCCn1ccnc1. The third kappa shape index (κ3) is 3.50. The number of hydrogen-bond donors (Lipinski definition) is 1. The number of nitrogens with zero attached hydrogens (tertiary/aromatic N) is 2. The Morgan fingerprint density at radius 3 is 3.00 bits per heavy atom. The maximum Gasteiger partial charge on any atom is 0.177 e. The quantitative estimate of drug-likeness (QED) is 0.526. The molecular weight excluding hydrogens is 306 g/mol. The highest BCUT2D eigenvalue weighted by atomic mass is 32.2. The zero-order valence-electron chi connectivity index (χ0n) is 13.5. The maximum atomic E-state index is 12.8. The van der Waals surface area contributed by atoms with Gasteiger partial charge in [-0.3, -0.25) is 4.79 Å². The smallest absolute Gasteiger partial charge is 0.177 e. The van der Waals surface area contributed by atoms with Crippen LogP contribution in [0.15, 0.2) is 43.0 Å². The number of carbonyl (C=O) groups excluding carboxylic acids is 1. The second kappa shape index (κ2) is 7.04. The van der Waals surface area contributed by atoms with Crippen LogP contribution in [0.3, 0.4) is 0 Å². The molecule has 1 N–H and O–H groups in total. The summed E-state index contributed by atoms with van der Waals surface area (Å²) in [6.45, 7) is 4.93. The monoisotopic (exact) mass is 327 g/mol. The van der Waals surface area contributed by atoms with Crippen molar-refractivity contribution < 1.29 is 4.79 Å². The van der Waals surface area contributed by atoms with E-state index in [4.69, 9.17) is 0 Å². The molecule has 0 aliphatic heterocycles. The third-order valence-corrected chi connectivity index (χ3v) is 5.24. The van der Waals surface area contributed by atoms with Gasteiger partial charge in [-0.25, -0.2) is 4.98 Å². The van der Waals surface area contributed by atoms with Crippen molar-refractivity contribution in [3.63, 3.8) is 0 Å². The topological polar surface area (TPSA) is 50.7 Å². The van der Waals surface area contributed by atoms with Gasteiger partial charge in [0, 0.05) is 41.1 Å². The van der Waals surface area contributed by atoms with E-state index in [9.17, 15) is 4.79 Å². The molecule has 1 atom stereocenters. The molecule has 0 aliphatic carbocycles. The van der Waals surface area contributed by atoms with Gasteiger partial charge in [-0.1, -0.05) is 18.2 Å². The number of H-pyrrole nitrogens is 1. The average molecular weight is 327 g/mol. The minimum absolute atomic E-state index is 0.0318. The molecule has 5 heteroatoms. The van der Waals surface area contributed by atoms with Crippen molar-refractivity contribution in [1.82, 2.24) is 14.5 Å². The van der Waals surface area contributed by atoms with Crippen molar-refractivity contribution >= 4 is 28.4 Å². The van der Waals surface area contributed by atoms with Crippen molar-refractivity contribution in [2.75, 3.05) is 5.75 Å². The van der Waals surface area contributed by atoms with Crippen molar-refractivity contribution in [1.29, 1.82) is 0 Å². The van der Waals surface area contributed by atoms with Crippen LogP contribution >= 0.6 is 11.8 Å². The van der Waals surface area contributed by atoms with Crippen molar-refractivity contribution in [2.45, 2.75) is 32.1 Å². The van der Waals surface area contributed by atoms with E-state index in [1.54, 1.807) is 18.0 Å². The normalized spacial score (nSPS) is 12.6. The predicted molar refractivity (Wildman–Crippen MR) is 96.1 cm³/mol. The van der Waals surface area contributed by atoms with E-state index in [0.717, 1.165) is 40.9 Å². The average Bonchev–Trinajstić information content (AvgIpc) is 3.17. The van der Waals surface area contributed by atoms with E-state index in [0.29, 0.717) is 0 Å². The van der Waals surface area contributed by atoms with Gasteiger partial charge in [0.25, 0.3) is 0 Å². The number of aromatic amines is 1. The summed E-state index contributed by atoms with van der Waals surface area (Å²) in [4.78, 5) is 20.2.